The van der Waals surface area contributed by atoms with Gasteiger partial charge in [-0.15, -0.1) is 11.3 Å². The average molecular weight is 493 g/mol. The number of nitrogens with one attached hydrogen (secondary N) is 1. The third-order valence-electron chi connectivity index (χ3n) is 5.78. The summed E-state index contributed by atoms with van der Waals surface area (Å²) in [5.74, 6) is 1.51. The molecule has 5 nitrogen and oxygen atoms in total. The monoisotopic (exact) mass is 492 g/mol. The Kier molecular flexibility index (Phi) is 7.56. The third kappa shape index (κ3) is 5.61. The zero-order valence-electron chi connectivity index (χ0n) is 19.1. The lowest BCUT2D eigenvalue weighted by Crippen LogP contribution is -2.10. The van der Waals surface area contributed by atoms with Gasteiger partial charge >= 0.3 is 0 Å². The minimum atomic E-state index is -0.273. The molecule has 0 saturated carbocycles. The van der Waals surface area contributed by atoms with E-state index in [2.05, 4.69) is 18.3 Å². The number of ether oxygens (including phenoxy) is 2. The molecule has 0 bridgehead atoms. The maximum atomic E-state index is 12.6. The van der Waals surface area contributed by atoms with E-state index in [0.29, 0.717) is 39.6 Å². The number of anilines is 1. The molecular weight excluding hydrogens is 468 g/mol. The second kappa shape index (κ2) is 10.8. The van der Waals surface area contributed by atoms with Crippen LogP contribution in [-0.4, -0.2) is 13.0 Å². The molecule has 3 aromatic rings. The SMILES string of the molecule is COc1cc(C=CC(=O)Nc2sc3c(c2C#N)CCC(C)C3)ccc1OCc1ccc(Cl)cc1. The number of rotatable bonds is 7. The molecular formula is C27H25ClN2O3S. The molecule has 1 atom stereocenters. The number of amides is 1. The molecule has 0 radical (unpaired) electrons. The van der Waals surface area contributed by atoms with Gasteiger partial charge in [-0.25, -0.2) is 0 Å². The van der Waals surface area contributed by atoms with Gasteiger partial charge in [0.1, 0.15) is 17.7 Å². The van der Waals surface area contributed by atoms with Crippen molar-refractivity contribution in [2.45, 2.75) is 32.8 Å². The van der Waals surface area contributed by atoms with Crippen molar-refractivity contribution >= 4 is 39.9 Å². The molecule has 4 rings (SSSR count). The Balaban J connectivity index is 1.42. The zero-order chi connectivity index (χ0) is 24.1. The first-order valence-corrected chi connectivity index (χ1v) is 12.2. The fourth-order valence-corrected chi connectivity index (χ4v) is 5.42. The van der Waals surface area contributed by atoms with Crippen LogP contribution in [-0.2, 0) is 24.2 Å². The van der Waals surface area contributed by atoms with Crippen molar-refractivity contribution in [2.24, 2.45) is 5.92 Å². The molecule has 7 heteroatoms. The lowest BCUT2D eigenvalue weighted by Gasteiger charge is -2.17. The Labute approximate surface area is 208 Å². The lowest BCUT2D eigenvalue weighted by molar-refractivity contribution is -0.111. The van der Waals surface area contributed by atoms with Gasteiger partial charge in [-0.2, -0.15) is 5.26 Å². The molecule has 0 fully saturated rings. The van der Waals surface area contributed by atoms with Crippen LogP contribution in [0.3, 0.4) is 0 Å². The van der Waals surface area contributed by atoms with Crippen LogP contribution in [0.5, 0.6) is 11.5 Å². The first-order chi connectivity index (χ1) is 16.5. The molecule has 1 aromatic heterocycles. The number of nitrogens with zero attached hydrogens (tertiary/aromatic N) is 1. The third-order valence-corrected chi connectivity index (χ3v) is 7.20. The summed E-state index contributed by atoms with van der Waals surface area (Å²) < 4.78 is 11.4. The number of halogens is 1. The average Bonchev–Trinajstić information content (AvgIpc) is 3.18. The topological polar surface area (TPSA) is 71.3 Å². The number of fused-ring (bicyclic) bond motifs is 1. The van der Waals surface area contributed by atoms with E-state index in [1.54, 1.807) is 13.2 Å². The number of carbonyl (C=O) groups excluding carboxylic acids is 1. The molecule has 1 amide bonds. The van der Waals surface area contributed by atoms with Gasteiger partial charge in [0.15, 0.2) is 11.5 Å². The van der Waals surface area contributed by atoms with Crippen molar-refractivity contribution in [3.63, 3.8) is 0 Å². The minimum absolute atomic E-state index is 0.273. The summed E-state index contributed by atoms with van der Waals surface area (Å²) in [5.41, 5.74) is 3.50. The number of carbonyl (C=O) groups is 1. The Morgan fingerprint density at radius 2 is 2.06 bits per heavy atom. The highest BCUT2D eigenvalue weighted by Crippen LogP contribution is 2.39. The van der Waals surface area contributed by atoms with Crippen LogP contribution in [0.2, 0.25) is 5.02 Å². The van der Waals surface area contributed by atoms with Gasteiger partial charge in [0, 0.05) is 16.0 Å². The van der Waals surface area contributed by atoms with E-state index in [9.17, 15) is 10.1 Å². The highest BCUT2D eigenvalue weighted by Gasteiger charge is 2.24. The van der Waals surface area contributed by atoms with Gasteiger partial charge in [-0.1, -0.05) is 36.7 Å². The summed E-state index contributed by atoms with van der Waals surface area (Å²) in [6.45, 7) is 2.61. The number of thiophene rings is 1. The summed E-state index contributed by atoms with van der Waals surface area (Å²) in [6.07, 6.45) is 6.11. The second-order valence-corrected chi connectivity index (χ2v) is 9.86. The normalized spacial score (nSPS) is 14.9. The maximum absolute atomic E-state index is 12.6. The van der Waals surface area contributed by atoms with E-state index >= 15 is 0 Å². The standard InChI is InChI=1S/C27H25ClN2O3S/c1-17-3-10-21-22(15-29)27(34-25(21)13-17)30-26(31)12-7-18-6-11-23(24(14-18)32-2)33-16-19-4-8-20(28)9-5-19/h4-9,11-12,14,17H,3,10,13,16H2,1-2H3,(H,30,31). The molecule has 0 aliphatic heterocycles. The number of hydrogen-bond donors (Lipinski definition) is 1. The minimum Gasteiger partial charge on any atom is -0.493 e. The van der Waals surface area contributed by atoms with Crippen molar-refractivity contribution < 1.29 is 14.3 Å². The number of nitriles is 1. The summed E-state index contributed by atoms with van der Waals surface area (Å²) >= 11 is 7.45. The Morgan fingerprint density at radius 1 is 1.26 bits per heavy atom. The number of hydrogen-bond acceptors (Lipinski definition) is 5. The van der Waals surface area contributed by atoms with Crippen molar-refractivity contribution in [3.05, 3.63) is 80.7 Å². The largest absolute Gasteiger partial charge is 0.493 e. The molecule has 0 saturated heterocycles. The number of methoxy groups -OCH3 is 1. The van der Waals surface area contributed by atoms with Gasteiger partial charge in [-0.3, -0.25) is 4.79 Å². The predicted molar refractivity (Wildman–Crippen MR) is 137 cm³/mol. The molecule has 1 N–H and O–H groups in total. The van der Waals surface area contributed by atoms with Gasteiger partial charge < -0.3 is 14.8 Å². The van der Waals surface area contributed by atoms with Crippen molar-refractivity contribution in [1.29, 1.82) is 5.26 Å². The highest BCUT2D eigenvalue weighted by atomic mass is 35.5. The molecule has 0 spiro atoms. The van der Waals surface area contributed by atoms with Crippen molar-refractivity contribution in [3.8, 4) is 17.6 Å². The van der Waals surface area contributed by atoms with Crippen LogP contribution in [0.1, 0.15) is 40.5 Å². The van der Waals surface area contributed by atoms with Gasteiger partial charge in [-0.05, 0) is 72.2 Å². The molecule has 1 unspecified atom stereocenters. The van der Waals surface area contributed by atoms with Crippen LogP contribution >= 0.6 is 22.9 Å². The summed E-state index contributed by atoms with van der Waals surface area (Å²) in [7, 11) is 1.58. The summed E-state index contributed by atoms with van der Waals surface area (Å²) in [4.78, 5) is 13.8. The quantitative estimate of drug-likeness (QED) is 0.375. The van der Waals surface area contributed by atoms with Crippen LogP contribution in [0.15, 0.2) is 48.5 Å². The van der Waals surface area contributed by atoms with E-state index in [-0.39, 0.29) is 5.91 Å². The Morgan fingerprint density at radius 3 is 2.79 bits per heavy atom. The van der Waals surface area contributed by atoms with Gasteiger partial charge in [0.05, 0.1) is 12.7 Å². The molecule has 1 heterocycles. The van der Waals surface area contributed by atoms with Gasteiger partial charge in [0.25, 0.3) is 0 Å². The molecule has 1 aliphatic carbocycles. The smallest absolute Gasteiger partial charge is 0.249 e. The van der Waals surface area contributed by atoms with Crippen LogP contribution in [0, 0.1) is 17.2 Å². The molecule has 174 valence electrons. The summed E-state index contributed by atoms with van der Waals surface area (Å²) in [6, 6.07) is 15.2. The van der Waals surface area contributed by atoms with Crippen molar-refractivity contribution in [1.82, 2.24) is 0 Å². The zero-order valence-corrected chi connectivity index (χ0v) is 20.6. The van der Waals surface area contributed by atoms with Crippen LogP contribution < -0.4 is 14.8 Å². The predicted octanol–water partition coefficient (Wildman–Crippen LogP) is 6.64. The van der Waals surface area contributed by atoms with E-state index in [1.165, 1.54) is 22.3 Å². The van der Waals surface area contributed by atoms with E-state index in [0.717, 1.165) is 36.0 Å². The molecule has 1 aliphatic rings. The van der Waals surface area contributed by atoms with Crippen LogP contribution in [0.4, 0.5) is 5.00 Å². The van der Waals surface area contributed by atoms with Crippen LogP contribution in [0.25, 0.3) is 6.08 Å². The summed E-state index contributed by atoms with van der Waals surface area (Å²) in [5, 5.41) is 13.8. The molecule has 34 heavy (non-hydrogen) atoms. The van der Waals surface area contributed by atoms with E-state index in [4.69, 9.17) is 21.1 Å². The first-order valence-electron chi connectivity index (χ1n) is 11.1. The maximum Gasteiger partial charge on any atom is 0.249 e. The fraction of sp³-hybridized carbons (Fsp3) is 0.259. The highest BCUT2D eigenvalue weighted by molar-refractivity contribution is 7.16. The van der Waals surface area contributed by atoms with Gasteiger partial charge in [0.2, 0.25) is 5.91 Å². The van der Waals surface area contributed by atoms with E-state index in [1.807, 2.05) is 42.5 Å². The number of benzene rings is 2. The van der Waals surface area contributed by atoms with Crippen molar-refractivity contribution in [2.75, 3.05) is 12.4 Å². The Hall–Kier alpha value is -3.27. The Bertz CT molecular complexity index is 1260. The first kappa shape index (κ1) is 23.9. The second-order valence-electron chi connectivity index (χ2n) is 8.32. The van der Waals surface area contributed by atoms with E-state index < -0.39 is 0 Å². The lowest BCUT2D eigenvalue weighted by atomic mass is 9.89. The fourth-order valence-electron chi connectivity index (χ4n) is 3.93. The molecule has 2 aromatic carbocycles.